The summed E-state index contributed by atoms with van der Waals surface area (Å²) in [6.07, 6.45) is 0.166. The lowest BCUT2D eigenvalue weighted by Crippen LogP contribution is -2.28. The molecular weight excluding hydrogens is 386 g/mol. The van der Waals surface area contributed by atoms with Gasteiger partial charge in [0.2, 0.25) is 11.8 Å². The molecule has 0 saturated carbocycles. The van der Waals surface area contributed by atoms with E-state index >= 15 is 0 Å². The molecule has 0 spiro atoms. The number of nitrogens with zero attached hydrogens (tertiary/aromatic N) is 2. The van der Waals surface area contributed by atoms with Gasteiger partial charge in [-0.2, -0.15) is 0 Å². The molecule has 1 aliphatic heterocycles. The highest BCUT2D eigenvalue weighted by atomic mass is 35.5. The van der Waals surface area contributed by atoms with Crippen molar-refractivity contribution in [2.24, 2.45) is 5.92 Å². The lowest BCUT2D eigenvalue weighted by molar-refractivity contribution is -0.122. The first kappa shape index (κ1) is 17.8. The summed E-state index contributed by atoms with van der Waals surface area (Å²) in [4.78, 5) is 31.0. The van der Waals surface area contributed by atoms with Crippen LogP contribution in [-0.2, 0) is 9.59 Å². The highest BCUT2D eigenvalue weighted by Crippen LogP contribution is 2.31. The molecule has 1 aromatic heterocycles. The molecule has 2 heterocycles. The molecule has 1 saturated heterocycles. The minimum atomic E-state index is -0.431. The van der Waals surface area contributed by atoms with Crippen LogP contribution in [0, 0.1) is 5.92 Å². The molecule has 1 unspecified atom stereocenters. The number of nitrogens with one attached hydrogen (secondary N) is 1. The van der Waals surface area contributed by atoms with Crippen molar-refractivity contribution in [2.75, 3.05) is 23.9 Å². The molecule has 1 fully saturated rings. The maximum Gasteiger partial charge on any atom is 0.231 e. The minimum Gasteiger partial charge on any atom is -0.497 e. The number of hydrogen-bond acceptors (Lipinski definition) is 5. The van der Waals surface area contributed by atoms with E-state index in [-0.39, 0.29) is 18.2 Å². The van der Waals surface area contributed by atoms with Crippen LogP contribution in [0.4, 0.5) is 10.8 Å². The fourth-order valence-electron chi connectivity index (χ4n) is 3.07. The monoisotopic (exact) mass is 401 g/mol. The Hall–Kier alpha value is -2.64. The molecule has 0 aliphatic carbocycles. The summed E-state index contributed by atoms with van der Waals surface area (Å²) in [7, 11) is 1.58. The van der Waals surface area contributed by atoms with Gasteiger partial charge in [0.25, 0.3) is 0 Å². The van der Waals surface area contributed by atoms with Crippen molar-refractivity contribution in [1.29, 1.82) is 0 Å². The second-order valence-corrected chi connectivity index (χ2v) is 7.69. The van der Waals surface area contributed by atoms with Gasteiger partial charge in [0, 0.05) is 29.7 Å². The van der Waals surface area contributed by atoms with Crippen molar-refractivity contribution in [3.63, 3.8) is 0 Å². The topological polar surface area (TPSA) is 71.5 Å². The van der Waals surface area contributed by atoms with Gasteiger partial charge in [-0.1, -0.05) is 29.0 Å². The number of amides is 2. The summed E-state index contributed by atoms with van der Waals surface area (Å²) in [5.74, 6) is -0.0565. The summed E-state index contributed by atoms with van der Waals surface area (Å²) in [6.45, 7) is 0.328. The van der Waals surface area contributed by atoms with Crippen molar-refractivity contribution in [3.05, 3.63) is 47.5 Å². The zero-order chi connectivity index (χ0) is 19.0. The van der Waals surface area contributed by atoms with Crippen LogP contribution in [0.2, 0.25) is 5.02 Å². The van der Waals surface area contributed by atoms with E-state index in [4.69, 9.17) is 16.3 Å². The van der Waals surface area contributed by atoms with E-state index < -0.39 is 5.92 Å². The van der Waals surface area contributed by atoms with E-state index in [0.29, 0.717) is 22.4 Å². The zero-order valence-corrected chi connectivity index (χ0v) is 16.0. The van der Waals surface area contributed by atoms with Gasteiger partial charge in [-0.05, 0) is 30.3 Å². The normalized spacial score (nSPS) is 16.7. The third-order valence-electron chi connectivity index (χ3n) is 4.44. The number of benzene rings is 2. The molecule has 138 valence electrons. The first-order valence-corrected chi connectivity index (χ1v) is 9.54. The van der Waals surface area contributed by atoms with Crippen LogP contribution in [0.1, 0.15) is 6.42 Å². The highest BCUT2D eigenvalue weighted by molar-refractivity contribution is 7.22. The second kappa shape index (κ2) is 7.17. The van der Waals surface area contributed by atoms with Crippen LogP contribution in [0.5, 0.6) is 5.75 Å². The number of carbonyl (C=O) groups excluding carboxylic acids is 2. The van der Waals surface area contributed by atoms with Crippen LogP contribution in [0.15, 0.2) is 42.5 Å². The molecule has 3 aromatic rings. The van der Waals surface area contributed by atoms with Gasteiger partial charge in [-0.15, -0.1) is 0 Å². The molecule has 0 radical (unpaired) electrons. The van der Waals surface area contributed by atoms with E-state index in [1.54, 1.807) is 24.1 Å². The van der Waals surface area contributed by atoms with Gasteiger partial charge >= 0.3 is 0 Å². The Morgan fingerprint density at radius 1 is 1.33 bits per heavy atom. The Morgan fingerprint density at radius 2 is 2.19 bits per heavy atom. The van der Waals surface area contributed by atoms with Gasteiger partial charge < -0.3 is 15.0 Å². The lowest BCUT2D eigenvalue weighted by Gasteiger charge is -2.17. The fraction of sp³-hybridized carbons (Fsp3) is 0.211. The maximum absolute atomic E-state index is 12.6. The molecule has 1 aliphatic rings. The summed E-state index contributed by atoms with van der Waals surface area (Å²) >= 11 is 7.35. The third kappa shape index (κ3) is 3.61. The Bertz CT molecular complexity index is 1040. The SMILES string of the molecule is COc1cccc(N2CC(C(=O)Nc3nc4ccc(Cl)cc4s3)CC2=O)c1. The van der Waals surface area contributed by atoms with E-state index in [2.05, 4.69) is 10.3 Å². The number of rotatable bonds is 4. The molecule has 6 nitrogen and oxygen atoms in total. The quantitative estimate of drug-likeness (QED) is 0.718. The van der Waals surface area contributed by atoms with E-state index in [9.17, 15) is 9.59 Å². The molecule has 2 aromatic carbocycles. The molecule has 27 heavy (non-hydrogen) atoms. The Morgan fingerprint density at radius 3 is 3.00 bits per heavy atom. The number of anilines is 2. The first-order chi connectivity index (χ1) is 13.0. The molecule has 1 N–H and O–H groups in total. The fourth-order valence-corrected chi connectivity index (χ4v) is 4.22. The molecule has 4 rings (SSSR count). The smallest absolute Gasteiger partial charge is 0.231 e. The summed E-state index contributed by atoms with van der Waals surface area (Å²) in [5, 5.41) is 3.96. The van der Waals surface area contributed by atoms with Crippen molar-refractivity contribution in [2.45, 2.75) is 6.42 Å². The number of halogens is 1. The number of ether oxygens (including phenoxy) is 1. The van der Waals surface area contributed by atoms with Gasteiger partial charge in [0.15, 0.2) is 5.13 Å². The van der Waals surface area contributed by atoms with Crippen LogP contribution in [0.3, 0.4) is 0 Å². The van der Waals surface area contributed by atoms with Crippen molar-refractivity contribution in [1.82, 2.24) is 4.98 Å². The number of fused-ring (bicyclic) bond motifs is 1. The summed E-state index contributed by atoms with van der Waals surface area (Å²) < 4.78 is 6.11. The average Bonchev–Trinajstić information content (AvgIpc) is 3.24. The van der Waals surface area contributed by atoms with E-state index in [1.165, 1.54) is 11.3 Å². The van der Waals surface area contributed by atoms with Gasteiger partial charge in [0.1, 0.15) is 5.75 Å². The first-order valence-electron chi connectivity index (χ1n) is 8.35. The van der Waals surface area contributed by atoms with Crippen LogP contribution < -0.4 is 15.0 Å². The minimum absolute atomic E-state index is 0.0838. The third-order valence-corrected chi connectivity index (χ3v) is 5.61. The number of hydrogen-bond donors (Lipinski definition) is 1. The predicted molar refractivity (Wildman–Crippen MR) is 107 cm³/mol. The predicted octanol–water partition coefficient (Wildman–Crippen LogP) is 3.95. The summed E-state index contributed by atoms with van der Waals surface area (Å²) in [6, 6.07) is 12.6. The molecular formula is C19H16ClN3O3S. The van der Waals surface area contributed by atoms with Crippen molar-refractivity contribution in [3.8, 4) is 5.75 Å². The molecule has 0 bridgehead atoms. The van der Waals surface area contributed by atoms with Crippen LogP contribution in [-0.4, -0.2) is 30.5 Å². The van der Waals surface area contributed by atoms with E-state index in [1.807, 2.05) is 30.3 Å². The van der Waals surface area contributed by atoms with Crippen molar-refractivity contribution < 1.29 is 14.3 Å². The summed E-state index contributed by atoms with van der Waals surface area (Å²) in [5.41, 5.74) is 1.50. The molecule has 1 atom stereocenters. The van der Waals surface area contributed by atoms with Crippen LogP contribution >= 0.6 is 22.9 Å². The van der Waals surface area contributed by atoms with Crippen molar-refractivity contribution >= 4 is 55.8 Å². The maximum atomic E-state index is 12.6. The lowest BCUT2D eigenvalue weighted by atomic mass is 10.1. The largest absolute Gasteiger partial charge is 0.497 e. The molecule has 8 heteroatoms. The standard InChI is InChI=1S/C19H16ClN3O3S/c1-26-14-4-2-3-13(9-14)23-10-11(7-17(23)24)18(25)22-19-21-15-6-5-12(20)8-16(15)27-19/h2-6,8-9,11H,7,10H2,1H3,(H,21,22,25). The van der Waals surface area contributed by atoms with Gasteiger partial charge in [-0.3, -0.25) is 9.59 Å². The number of thiazole rings is 1. The second-order valence-electron chi connectivity index (χ2n) is 6.23. The number of carbonyl (C=O) groups is 2. The van der Waals surface area contributed by atoms with Crippen LogP contribution in [0.25, 0.3) is 10.2 Å². The average molecular weight is 402 g/mol. The number of methoxy groups -OCH3 is 1. The number of aromatic nitrogens is 1. The van der Waals surface area contributed by atoms with Gasteiger partial charge in [-0.25, -0.2) is 4.98 Å². The van der Waals surface area contributed by atoms with Gasteiger partial charge in [0.05, 0.1) is 23.2 Å². The Kier molecular flexibility index (Phi) is 4.72. The highest BCUT2D eigenvalue weighted by Gasteiger charge is 2.35. The zero-order valence-electron chi connectivity index (χ0n) is 14.4. The van der Waals surface area contributed by atoms with E-state index in [0.717, 1.165) is 15.9 Å². The molecule has 2 amide bonds. The Balaban J connectivity index is 1.48. The Labute approximate surface area is 164 Å².